The average Bonchev–Trinajstić information content (AvgIpc) is 2.37. The molecule has 0 fully saturated rings. The zero-order valence-electron chi connectivity index (χ0n) is 9.89. The minimum absolute atomic E-state index is 0.0965. The van der Waals surface area contributed by atoms with Crippen molar-refractivity contribution in [2.45, 2.75) is 6.61 Å². The molecule has 0 aliphatic carbocycles. The highest BCUT2D eigenvalue weighted by atomic mass is 19.1. The lowest BCUT2D eigenvalue weighted by atomic mass is 10.2. The number of methoxy groups -OCH3 is 1. The van der Waals surface area contributed by atoms with Gasteiger partial charge >= 0.3 is 0 Å². The highest BCUT2D eigenvalue weighted by Crippen LogP contribution is 2.21. The molecule has 0 spiro atoms. The first kappa shape index (κ1) is 12.2. The van der Waals surface area contributed by atoms with Crippen molar-refractivity contribution in [1.82, 2.24) is 0 Å². The maximum Gasteiger partial charge on any atom is 0.133 e. The summed E-state index contributed by atoms with van der Waals surface area (Å²) in [6.07, 6.45) is 0. The van der Waals surface area contributed by atoms with Gasteiger partial charge in [-0.05, 0) is 24.3 Å². The number of hydrogen-bond donors (Lipinski definition) is 1. The lowest BCUT2D eigenvalue weighted by Gasteiger charge is -2.08. The fourth-order valence-electron chi connectivity index (χ4n) is 1.51. The Morgan fingerprint density at radius 1 is 1.11 bits per heavy atom. The first-order chi connectivity index (χ1) is 8.69. The molecule has 0 saturated heterocycles. The van der Waals surface area contributed by atoms with Gasteiger partial charge < -0.3 is 14.6 Å². The van der Waals surface area contributed by atoms with Crippen LogP contribution in [0.4, 0.5) is 4.39 Å². The molecule has 2 aromatic carbocycles. The van der Waals surface area contributed by atoms with Gasteiger partial charge in [-0.15, -0.1) is 0 Å². The largest absolute Gasteiger partial charge is 0.508 e. The molecule has 0 aliphatic rings. The van der Waals surface area contributed by atoms with Crippen LogP contribution in [0.2, 0.25) is 0 Å². The molecule has 3 nitrogen and oxygen atoms in total. The van der Waals surface area contributed by atoms with E-state index in [1.54, 1.807) is 30.3 Å². The van der Waals surface area contributed by atoms with Gasteiger partial charge in [0.2, 0.25) is 0 Å². The van der Waals surface area contributed by atoms with Crippen LogP contribution in [0.15, 0.2) is 42.5 Å². The second-order valence-electron chi connectivity index (χ2n) is 3.74. The number of phenols is 1. The third-order valence-corrected chi connectivity index (χ3v) is 2.47. The fourth-order valence-corrected chi connectivity index (χ4v) is 1.51. The minimum Gasteiger partial charge on any atom is -0.508 e. The third-order valence-electron chi connectivity index (χ3n) is 2.47. The van der Waals surface area contributed by atoms with Crippen molar-refractivity contribution in [1.29, 1.82) is 0 Å². The van der Waals surface area contributed by atoms with Gasteiger partial charge in [0, 0.05) is 17.7 Å². The number of phenolic OH excluding ortho intramolecular Hbond substituents is 1. The molecule has 94 valence electrons. The van der Waals surface area contributed by atoms with Gasteiger partial charge in [-0.1, -0.05) is 6.07 Å². The second-order valence-corrected chi connectivity index (χ2v) is 3.74. The Morgan fingerprint density at radius 3 is 2.61 bits per heavy atom. The van der Waals surface area contributed by atoms with E-state index in [0.717, 1.165) is 0 Å². The molecule has 1 N–H and O–H groups in total. The summed E-state index contributed by atoms with van der Waals surface area (Å²) in [5.41, 5.74) is 0.430. The van der Waals surface area contributed by atoms with Gasteiger partial charge in [0.1, 0.15) is 29.7 Å². The Morgan fingerprint density at radius 2 is 1.94 bits per heavy atom. The van der Waals surface area contributed by atoms with Gasteiger partial charge in [-0.2, -0.15) is 0 Å². The van der Waals surface area contributed by atoms with Gasteiger partial charge in [0.25, 0.3) is 0 Å². The van der Waals surface area contributed by atoms with E-state index < -0.39 is 0 Å². The monoisotopic (exact) mass is 248 g/mol. The molecule has 0 heterocycles. The summed E-state index contributed by atoms with van der Waals surface area (Å²) in [4.78, 5) is 0. The zero-order chi connectivity index (χ0) is 13.0. The van der Waals surface area contributed by atoms with Gasteiger partial charge in [0.05, 0.1) is 7.11 Å². The van der Waals surface area contributed by atoms with E-state index in [1.165, 1.54) is 19.2 Å². The SMILES string of the molecule is COc1ccc(COc2cccc(O)c2)c(F)c1. The molecule has 2 rings (SSSR count). The highest BCUT2D eigenvalue weighted by molar-refractivity contribution is 5.33. The molecule has 0 bridgehead atoms. The van der Waals surface area contributed by atoms with Crippen molar-refractivity contribution in [3.05, 3.63) is 53.8 Å². The van der Waals surface area contributed by atoms with E-state index in [-0.39, 0.29) is 18.2 Å². The molecule has 0 aromatic heterocycles. The number of halogens is 1. The summed E-state index contributed by atoms with van der Waals surface area (Å²) >= 11 is 0. The molecule has 0 radical (unpaired) electrons. The molecule has 0 amide bonds. The molecule has 2 aromatic rings. The summed E-state index contributed by atoms with van der Waals surface area (Å²) in [6, 6.07) is 11.0. The highest BCUT2D eigenvalue weighted by Gasteiger charge is 2.05. The Labute approximate surface area is 104 Å². The second kappa shape index (κ2) is 5.40. The maximum absolute atomic E-state index is 13.6. The average molecular weight is 248 g/mol. The summed E-state index contributed by atoms with van der Waals surface area (Å²) in [7, 11) is 1.48. The van der Waals surface area contributed by atoms with E-state index >= 15 is 0 Å². The Balaban J connectivity index is 2.06. The van der Waals surface area contributed by atoms with Crippen LogP contribution in [-0.4, -0.2) is 12.2 Å². The lowest BCUT2D eigenvalue weighted by molar-refractivity contribution is 0.297. The molecule has 0 unspecified atom stereocenters. The van der Waals surface area contributed by atoms with Crippen LogP contribution in [0.5, 0.6) is 17.2 Å². The summed E-state index contributed by atoms with van der Waals surface area (Å²) < 4.78 is 23.9. The number of benzene rings is 2. The molecule has 4 heteroatoms. The van der Waals surface area contributed by atoms with Crippen molar-refractivity contribution >= 4 is 0 Å². The summed E-state index contributed by atoms with van der Waals surface area (Å²) in [5, 5.41) is 9.26. The van der Waals surface area contributed by atoms with Crippen LogP contribution in [0.1, 0.15) is 5.56 Å². The summed E-state index contributed by atoms with van der Waals surface area (Å²) in [6.45, 7) is 0.0965. The topological polar surface area (TPSA) is 38.7 Å². The normalized spacial score (nSPS) is 10.1. The predicted octanol–water partition coefficient (Wildman–Crippen LogP) is 3.12. The number of ether oxygens (including phenoxy) is 2. The third kappa shape index (κ3) is 2.91. The van der Waals surface area contributed by atoms with Crippen molar-refractivity contribution < 1.29 is 19.0 Å². The quantitative estimate of drug-likeness (QED) is 0.903. The maximum atomic E-state index is 13.6. The van der Waals surface area contributed by atoms with Gasteiger partial charge in [-0.25, -0.2) is 4.39 Å². The van der Waals surface area contributed by atoms with E-state index in [2.05, 4.69) is 0 Å². The van der Waals surface area contributed by atoms with Crippen LogP contribution in [0, 0.1) is 5.82 Å². The predicted molar refractivity (Wildman–Crippen MR) is 65.4 cm³/mol. The molecule has 18 heavy (non-hydrogen) atoms. The van der Waals surface area contributed by atoms with E-state index in [1.807, 2.05) is 0 Å². The zero-order valence-corrected chi connectivity index (χ0v) is 9.89. The van der Waals surface area contributed by atoms with Crippen LogP contribution < -0.4 is 9.47 Å². The first-order valence-electron chi connectivity index (χ1n) is 5.43. The summed E-state index contributed by atoms with van der Waals surface area (Å²) in [5.74, 6) is 0.691. The number of hydrogen-bond acceptors (Lipinski definition) is 3. The van der Waals surface area contributed by atoms with E-state index in [9.17, 15) is 9.50 Å². The molecule has 0 saturated carbocycles. The first-order valence-corrected chi connectivity index (χ1v) is 5.43. The van der Waals surface area contributed by atoms with Gasteiger partial charge in [-0.3, -0.25) is 0 Å². The number of rotatable bonds is 4. The van der Waals surface area contributed by atoms with Gasteiger partial charge in [0.15, 0.2) is 0 Å². The van der Waals surface area contributed by atoms with Crippen LogP contribution in [0.3, 0.4) is 0 Å². The molecule has 0 aliphatic heterocycles. The fraction of sp³-hybridized carbons (Fsp3) is 0.143. The van der Waals surface area contributed by atoms with E-state index in [4.69, 9.17) is 9.47 Å². The Hall–Kier alpha value is -2.23. The molecular formula is C14H13FO3. The van der Waals surface area contributed by atoms with Crippen LogP contribution in [0.25, 0.3) is 0 Å². The van der Waals surface area contributed by atoms with Crippen LogP contribution >= 0.6 is 0 Å². The van der Waals surface area contributed by atoms with Crippen LogP contribution in [-0.2, 0) is 6.61 Å². The smallest absolute Gasteiger partial charge is 0.133 e. The minimum atomic E-state index is -0.380. The van der Waals surface area contributed by atoms with Crippen molar-refractivity contribution in [2.24, 2.45) is 0 Å². The standard InChI is InChI=1S/C14H13FO3/c1-17-12-6-5-10(14(15)8-12)9-18-13-4-2-3-11(16)7-13/h2-8,16H,9H2,1H3. The Kier molecular flexibility index (Phi) is 3.67. The van der Waals surface area contributed by atoms with E-state index in [0.29, 0.717) is 17.1 Å². The molecular weight excluding hydrogens is 235 g/mol. The molecule has 0 atom stereocenters. The van der Waals surface area contributed by atoms with Crippen molar-refractivity contribution in [3.63, 3.8) is 0 Å². The lowest BCUT2D eigenvalue weighted by Crippen LogP contribution is -1.99. The van der Waals surface area contributed by atoms with Crippen molar-refractivity contribution in [3.8, 4) is 17.2 Å². The number of aromatic hydroxyl groups is 1. The Bertz CT molecular complexity index is 540. The van der Waals surface area contributed by atoms with Crippen molar-refractivity contribution in [2.75, 3.05) is 7.11 Å².